The minimum absolute atomic E-state index is 0.0399. The topological polar surface area (TPSA) is 69.3 Å². The van der Waals surface area contributed by atoms with Crippen molar-refractivity contribution in [3.8, 4) is 6.07 Å². The van der Waals surface area contributed by atoms with Gasteiger partial charge in [-0.05, 0) is 37.6 Å². The van der Waals surface area contributed by atoms with E-state index in [2.05, 4.69) is 11.4 Å². The first kappa shape index (κ1) is 16.2. The number of nitrogens with one attached hydrogen (secondary N) is 1. The predicted octanol–water partition coefficient (Wildman–Crippen LogP) is 4.00. The van der Waals surface area contributed by atoms with Crippen molar-refractivity contribution in [1.82, 2.24) is 4.90 Å². The van der Waals surface area contributed by atoms with E-state index < -0.39 is 0 Å². The van der Waals surface area contributed by atoms with Gasteiger partial charge in [-0.2, -0.15) is 5.26 Å². The second-order valence-electron chi connectivity index (χ2n) is 5.60. The molecule has 5 nitrogen and oxygen atoms in total. The molecule has 122 valence electrons. The quantitative estimate of drug-likeness (QED) is 0.763. The number of likely N-dealkylation sites (N-methyl/N-ethyl adjacent to an activating group) is 1. The summed E-state index contributed by atoms with van der Waals surface area (Å²) in [4.78, 5) is 14.1. The fourth-order valence-electron chi connectivity index (χ4n) is 2.45. The van der Waals surface area contributed by atoms with E-state index in [1.165, 1.54) is 11.3 Å². The van der Waals surface area contributed by atoms with Crippen LogP contribution in [0.2, 0.25) is 0 Å². The van der Waals surface area contributed by atoms with Crippen LogP contribution in [0, 0.1) is 11.3 Å². The van der Waals surface area contributed by atoms with Crippen molar-refractivity contribution in [3.63, 3.8) is 0 Å². The number of para-hydroxylation sites is 1. The van der Waals surface area contributed by atoms with Crippen LogP contribution in [0.4, 0.5) is 5.00 Å². The molecule has 0 bridgehead atoms. The highest BCUT2D eigenvalue weighted by atomic mass is 32.1. The molecule has 1 N–H and O–H groups in total. The highest BCUT2D eigenvalue weighted by Gasteiger charge is 2.19. The number of rotatable bonds is 5. The molecule has 1 unspecified atom stereocenters. The van der Waals surface area contributed by atoms with E-state index in [9.17, 15) is 4.79 Å². The van der Waals surface area contributed by atoms with Crippen LogP contribution >= 0.6 is 11.3 Å². The summed E-state index contributed by atoms with van der Waals surface area (Å²) in [6.45, 7) is 2.21. The summed E-state index contributed by atoms with van der Waals surface area (Å²) in [6.07, 6.45) is 0. The molecule has 2 heterocycles. The smallest absolute Gasteiger partial charge is 0.239 e. The SMILES string of the molecule is CC(c1cc2ccccc2o1)N(C)CC(=O)Nc1sccc1C#N. The number of hydrogen-bond acceptors (Lipinski definition) is 5. The number of fused-ring (bicyclic) bond motifs is 1. The molecule has 0 aliphatic heterocycles. The highest BCUT2D eigenvalue weighted by molar-refractivity contribution is 7.14. The molecule has 0 aliphatic rings. The molecule has 0 radical (unpaired) electrons. The Kier molecular flexibility index (Phi) is 4.65. The lowest BCUT2D eigenvalue weighted by atomic mass is 10.2. The molecule has 0 spiro atoms. The van der Waals surface area contributed by atoms with Crippen molar-refractivity contribution in [1.29, 1.82) is 5.26 Å². The van der Waals surface area contributed by atoms with Crippen LogP contribution < -0.4 is 5.32 Å². The first-order valence-corrected chi connectivity index (χ1v) is 8.42. The van der Waals surface area contributed by atoms with Crippen molar-refractivity contribution in [2.24, 2.45) is 0 Å². The number of furan rings is 1. The van der Waals surface area contributed by atoms with E-state index in [-0.39, 0.29) is 18.5 Å². The minimum Gasteiger partial charge on any atom is -0.459 e. The van der Waals surface area contributed by atoms with Gasteiger partial charge >= 0.3 is 0 Å². The van der Waals surface area contributed by atoms with Crippen LogP contribution in [0.5, 0.6) is 0 Å². The van der Waals surface area contributed by atoms with Crippen LogP contribution in [0.15, 0.2) is 46.2 Å². The number of hydrogen-bond donors (Lipinski definition) is 1. The van der Waals surface area contributed by atoms with Crippen molar-refractivity contribution >= 4 is 33.2 Å². The Morgan fingerprint density at radius 1 is 1.42 bits per heavy atom. The summed E-state index contributed by atoms with van der Waals surface area (Å²) in [5, 5.41) is 15.2. The second-order valence-corrected chi connectivity index (χ2v) is 6.52. The zero-order valence-corrected chi connectivity index (χ0v) is 14.3. The first-order valence-electron chi connectivity index (χ1n) is 7.54. The van der Waals surface area contributed by atoms with Gasteiger partial charge in [0.05, 0.1) is 18.2 Å². The van der Waals surface area contributed by atoms with Gasteiger partial charge in [-0.15, -0.1) is 11.3 Å². The molecule has 2 aromatic heterocycles. The number of carbonyl (C=O) groups excluding carboxylic acids is 1. The summed E-state index contributed by atoms with van der Waals surface area (Å²) >= 11 is 1.35. The van der Waals surface area contributed by atoms with Crippen LogP contribution in [0.3, 0.4) is 0 Å². The molecule has 0 saturated heterocycles. The summed E-state index contributed by atoms with van der Waals surface area (Å²) in [6, 6.07) is 13.6. The lowest BCUT2D eigenvalue weighted by molar-refractivity contribution is -0.117. The molecule has 3 aromatic rings. The maximum atomic E-state index is 12.2. The Hall–Kier alpha value is -2.62. The largest absolute Gasteiger partial charge is 0.459 e. The van der Waals surface area contributed by atoms with E-state index in [0.717, 1.165) is 16.7 Å². The normalized spacial score (nSPS) is 12.2. The summed E-state index contributed by atoms with van der Waals surface area (Å²) in [5.41, 5.74) is 1.33. The van der Waals surface area contributed by atoms with Gasteiger partial charge in [-0.25, -0.2) is 0 Å². The Balaban J connectivity index is 1.66. The van der Waals surface area contributed by atoms with Crippen molar-refractivity contribution in [2.75, 3.05) is 18.9 Å². The zero-order chi connectivity index (χ0) is 17.1. The van der Waals surface area contributed by atoms with Crippen molar-refractivity contribution in [3.05, 3.63) is 53.1 Å². The van der Waals surface area contributed by atoms with Crippen LogP contribution in [0.25, 0.3) is 11.0 Å². The third-order valence-corrected chi connectivity index (χ3v) is 4.78. The number of nitrogens with zero attached hydrogens (tertiary/aromatic N) is 2. The van der Waals surface area contributed by atoms with Gasteiger partial charge in [0.2, 0.25) is 5.91 Å². The van der Waals surface area contributed by atoms with Gasteiger partial charge in [-0.1, -0.05) is 18.2 Å². The summed E-state index contributed by atoms with van der Waals surface area (Å²) in [5.74, 6) is 0.666. The van der Waals surface area contributed by atoms with E-state index in [0.29, 0.717) is 10.6 Å². The molecule has 0 fully saturated rings. The third-order valence-electron chi connectivity index (χ3n) is 3.95. The molecule has 3 rings (SSSR count). The number of thiophene rings is 1. The van der Waals surface area contributed by atoms with E-state index in [4.69, 9.17) is 9.68 Å². The molecule has 24 heavy (non-hydrogen) atoms. The van der Waals surface area contributed by atoms with Crippen LogP contribution in [0.1, 0.15) is 24.3 Å². The van der Waals surface area contributed by atoms with Crippen LogP contribution in [-0.4, -0.2) is 24.4 Å². The van der Waals surface area contributed by atoms with Crippen molar-refractivity contribution < 1.29 is 9.21 Å². The summed E-state index contributed by atoms with van der Waals surface area (Å²) < 4.78 is 5.86. The monoisotopic (exact) mass is 339 g/mol. The van der Waals surface area contributed by atoms with E-state index >= 15 is 0 Å². The Morgan fingerprint density at radius 2 is 2.21 bits per heavy atom. The standard InChI is InChI=1S/C18H17N3O2S/c1-12(16-9-13-5-3-4-6-15(13)23-16)21(2)11-17(22)20-18-14(10-19)7-8-24-18/h3-9,12H,11H2,1-2H3,(H,20,22). The first-order chi connectivity index (χ1) is 11.6. The number of anilines is 1. The number of benzene rings is 1. The molecule has 6 heteroatoms. The van der Waals surface area contributed by atoms with Gasteiger partial charge in [-0.3, -0.25) is 9.69 Å². The Bertz CT molecular complexity index is 873. The fraction of sp³-hybridized carbons (Fsp3) is 0.222. The molecular weight excluding hydrogens is 322 g/mol. The number of nitriles is 1. The molecule has 1 aromatic carbocycles. The van der Waals surface area contributed by atoms with E-state index in [1.54, 1.807) is 11.4 Å². The second kappa shape index (κ2) is 6.87. The zero-order valence-electron chi connectivity index (χ0n) is 13.4. The maximum absolute atomic E-state index is 12.2. The Morgan fingerprint density at radius 3 is 2.96 bits per heavy atom. The van der Waals surface area contributed by atoms with Gasteiger partial charge < -0.3 is 9.73 Å². The lowest BCUT2D eigenvalue weighted by Gasteiger charge is -2.22. The highest BCUT2D eigenvalue weighted by Crippen LogP contribution is 2.27. The average Bonchev–Trinajstić information content (AvgIpc) is 3.19. The van der Waals surface area contributed by atoms with Crippen LogP contribution in [-0.2, 0) is 4.79 Å². The molecule has 0 saturated carbocycles. The lowest BCUT2D eigenvalue weighted by Crippen LogP contribution is -2.32. The molecular formula is C18H17N3O2S. The number of carbonyl (C=O) groups is 1. The predicted molar refractivity (Wildman–Crippen MR) is 94.9 cm³/mol. The van der Waals surface area contributed by atoms with Gasteiger partial charge in [0.25, 0.3) is 0 Å². The van der Waals surface area contributed by atoms with Gasteiger partial charge in [0.15, 0.2) is 0 Å². The maximum Gasteiger partial charge on any atom is 0.239 e. The minimum atomic E-state index is -0.153. The van der Waals surface area contributed by atoms with Crippen molar-refractivity contribution in [2.45, 2.75) is 13.0 Å². The fourth-order valence-corrected chi connectivity index (χ4v) is 3.20. The molecule has 0 aliphatic carbocycles. The average molecular weight is 339 g/mol. The van der Waals surface area contributed by atoms with Gasteiger partial charge in [0, 0.05) is 5.39 Å². The molecule has 1 atom stereocenters. The molecule has 1 amide bonds. The van der Waals surface area contributed by atoms with E-state index in [1.807, 2.05) is 49.2 Å². The summed E-state index contributed by atoms with van der Waals surface area (Å²) in [7, 11) is 1.87. The van der Waals surface area contributed by atoms with Gasteiger partial charge in [0.1, 0.15) is 22.4 Å². The number of amides is 1. The Labute approximate surface area is 144 Å². The third kappa shape index (κ3) is 3.32.